The van der Waals surface area contributed by atoms with Gasteiger partial charge < -0.3 is 0 Å². The molecule has 0 N–H and O–H groups in total. The predicted octanol–water partition coefficient (Wildman–Crippen LogP) is 2.65. The zero-order chi connectivity index (χ0) is 14.2. The Morgan fingerprint density at radius 1 is 1.63 bits per heavy atom. The summed E-state index contributed by atoms with van der Waals surface area (Å²) in [5.74, 6) is 0. The van der Waals surface area contributed by atoms with Crippen molar-refractivity contribution in [2.24, 2.45) is 0 Å². The van der Waals surface area contributed by atoms with Gasteiger partial charge in [-0.3, -0.25) is 10.1 Å². The lowest BCUT2D eigenvalue weighted by molar-refractivity contribution is -0.384. The Bertz CT molecular complexity index is 621. The molecule has 1 heterocycles. The van der Waals surface area contributed by atoms with Crippen LogP contribution in [0.3, 0.4) is 0 Å². The molecule has 0 aliphatic heterocycles. The summed E-state index contributed by atoms with van der Waals surface area (Å²) in [7, 11) is -3.74. The molecule has 1 fully saturated rings. The molecule has 0 saturated heterocycles. The molecule has 104 valence electrons. The summed E-state index contributed by atoms with van der Waals surface area (Å²) in [5.41, 5.74) is -0.375. The number of nitrogens with zero attached hydrogens (tertiary/aromatic N) is 2. The molecule has 9 heteroatoms. The number of sulfonamides is 1. The Morgan fingerprint density at radius 3 is 2.68 bits per heavy atom. The van der Waals surface area contributed by atoms with E-state index in [0.717, 1.165) is 18.9 Å². The van der Waals surface area contributed by atoms with Crippen LogP contribution in [-0.4, -0.2) is 30.2 Å². The van der Waals surface area contributed by atoms with E-state index < -0.39 is 14.9 Å². The molecule has 0 amide bonds. The van der Waals surface area contributed by atoms with Gasteiger partial charge in [-0.25, -0.2) is 8.42 Å². The molecule has 1 aromatic rings. The van der Waals surface area contributed by atoms with Gasteiger partial charge in [0, 0.05) is 18.7 Å². The minimum absolute atomic E-state index is 0.0390. The fourth-order valence-electron chi connectivity index (χ4n) is 1.64. The van der Waals surface area contributed by atoms with Crippen molar-refractivity contribution in [2.45, 2.75) is 23.1 Å². The summed E-state index contributed by atoms with van der Waals surface area (Å²) in [6.07, 6.45) is 3.10. The highest BCUT2D eigenvalue weighted by Crippen LogP contribution is 2.40. The van der Waals surface area contributed by atoms with Crippen molar-refractivity contribution in [3.05, 3.63) is 33.2 Å². The van der Waals surface area contributed by atoms with Gasteiger partial charge >= 0.3 is 0 Å². The van der Waals surface area contributed by atoms with E-state index in [4.69, 9.17) is 11.6 Å². The highest BCUT2D eigenvalue weighted by atomic mass is 35.5. The lowest BCUT2D eigenvalue weighted by atomic mass is 10.6. The summed E-state index contributed by atoms with van der Waals surface area (Å²) >= 11 is 6.41. The van der Waals surface area contributed by atoms with Crippen LogP contribution in [0.1, 0.15) is 12.8 Å². The minimum atomic E-state index is -3.74. The number of hydrogen-bond acceptors (Lipinski definition) is 5. The molecule has 0 radical (unpaired) electrons. The lowest BCUT2D eigenvalue weighted by Crippen LogP contribution is -2.32. The van der Waals surface area contributed by atoms with Gasteiger partial charge in [-0.15, -0.1) is 17.9 Å². The van der Waals surface area contributed by atoms with Crippen LogP contribution in [0.15, 0.2) is 22.9 Å². The first-order valence-corrected chi connectivity index (χ1v) is 8.08. The summed E-state index contributed by atoms with van der Waals surface area (Å²) in [4.78, 5) is 10.0. The third kappa shape index (κ3) is 2.81. The second-order valence-electron chi connectivity index (χ2n) is 4.08. The summed E-state index contributed by atoms with van der Waals surface area (Å²) < 4.78 is 25.9. The van der Waals surface area contributed by atoms with Crippen molar-refractivity contribution in [1.82, 2.24) is 4.31 Å². The van der Waals surface area contributed by atoms with Crippen molar-refractivity contribution < 1.29 is 13.3 Å². The molecule has 0 aromatic carbocycles. The van der Waals surface area contributed by atoms with E-state index in [-0.39, 0.29) is 26.8 Å². The van der Waals surface area contributed by atoms with Gasteiger partial charge in [-0.1, -0.05) is 17.7 Å². The van der Waals surface area contributed by atoms with Crippen molar-refractivity contribution in [3.8, 4) is 0 Å². The number of hydrogen-bond donors (Lipinski definition) is 0. The molecule has 0 bridgehead atoms. The van der Waals surface area contributed by atoms with Gasteiger partial charge in [0.05, 0.1) is 4.92 Å². The van der Waals surface area contributed by atoms with E-state index in [2.05, 4.69) is 6.58 Å². The van der Waals surface area contributed by atoms with Crippen LogP contribution in [0, 0.1) is 10.1 Å². The monoisotopic (exact) mass is 322 g/mol. The zero-order valence-electron chi connectivity index (χ0n) is 9.78. The maximum absolute atomic E-state index is 12.4. The van der Waals surface area contributed by atoms with Gasteiger partial charge in [-0.05, 0) is 12.8 Å². The Labute approximate surface area is 119 Å². The predicted molar refractivity (Wildman–Crippen MR) is 73.1 cm³/mol. The number of halogens is 1. The number of rotatable bonds is 6. The van der Waals surface area contributed by atoms with Crippen LogP contribution in [0.2, 0.25) is 4.34 Å². The molecule has 1 aromatic heterocycles. The average molecular weight is 323 g/mol. The van der Waals surface area contributed by atoms with Gasteiger partial charge in [0.2, 0.25) is 0 Å². The van der Waals surface area contributed by atoms with Gasteiger partial charge in [-0.2, -0.15) is 4.31 Å². The van der Waals surface area contributed by atoms with E-state index in [1.807, 2.05) is 0 Å². The van der Waals surface area contributed by atoms with Crippen molar-refractivity contribution in [3.63, 3.8) is 0 Å². The molecule has 0 unspecified atom stereocenters. The zero-order valence-corrected chi connectivity index (χ0v) is 12.2. The van der Waals surface area contributed by atoms with E-state index in [0.29, 0.717) is 11.3 Å². The van der Waals surface area contributed by atoms with Crippen LogP contribution in [0.5, 0.6) is 0 Å². The van der Waals surface area contributed by atoms with Gasteiger partial charge in [0.25, 0.3) is 15.7 Å². The molecule has 0 spiro atoms. The fraction of sp³-hybridized carbons (Fsp3) is 0.400. The Balaban J connectivity index is 2.40. The van der Waals surface area contributed by atoms with Crippen LogP contribution >= 0.6 is 22.9 Å². The van der Waals surface area contributed by atoms with Crippen LogP contribution < -0.4 is 0 Å². The van der Waals surface area contributed by atoms with E-state index in [1.165, 1.54) is 10.4 Å². The van der Waals surface area contributed by atoms with E-state index >= 15 is 0 Å². The smallest absolute Gasteiger partial charge is 0.258 e. The van der Waals surface area contributed by atoms with Crippen LogP contribution in [0.4, 0.5) is 5.69 Å². The number of nitro groups is 1. The van der Waals surface area contributed by atoms with Gasteiger partial charge in [0.15, 0.2) is 4.34 Å². The second kappa shape index (κ2) is 5.20. The molecular weight excluding hydrogens is 312 g/mol. The highest BCUT2D eigenvalue weighted by molar-refractivity contribution is 7.91. The molecule has 2 rings (SSSR count). The molecule has 1 aliphatic rings. The first-order chi connectivity index (χ1) is 8.87. The minimum Gasteiger partial charge on any atom is -0.258 e. The Morgan fingerprint density at radius 2 is 2.26 bits per heavy atom. The van der Waals surface area contributed by atoms with Crippen LogP contribution in [-0.2, 0) is 10.0 Å². The first kappa shape index (κ1) is 14.4. The lowest BCUT2D eigenvalue weighted by Gasteiger charge is -2.18. The quantitative estimate of drug-likeness (QED) is 0.458. The summed E-state index contributed by atoms with van der Waals surface area (Å²) in [6, 6.07) is 0.976. The Hall–Kier alpha value is -0.960. The third-order valence-electron chi connectivity index (χ3n) is 2.67. The summed E-state index contributed by atoms with van der Waals surface area (Å²) in [6.45, 7) is 3.72. The first-order valence-electron chi connectivity index (χ1n) is 5.44. The van der Waals surface area contributed by atoms with E-state index in [1.54, 1.807) is 0 Å². The molecule has 6 nitrogen and oxygen atoms in total. The third-order valence-corrected chi connectivity index (χ3v) is 6.37. The normalized spacial score (nSPS) is 15.7. The van der Waals surface area contributed by atoms with E-state index in [9.17, 15) is 18.5 Å². The Kier molecular flexibility index (Phi) is 3.95. The van der Waals surface area contributed by atoms with Gasteiger partial charge in [0.1, 0.15) is 4.21 Å². The van der Waals surface area contributed by atoms with Crippen molar-refractivity contribution in [1.29, 1.82) is 0 Å². The average Bonchev–Trinajstić information content (AvgIpc) is 3.07. The largest absolute Gasteiger partial charge is 0.300 e. The van der Waals surface area contributed by atoms with Crippen molar-refractivity contribution >= 4 is 38.6 Å². The molecule has 1 saturated carbocycles. The molecule has 1 aliphatic carbocycles. The second-order valence-corrected chi connectivity index (χ2v) is 7.85. The topological polar surface area (TPSA) is 80.5 Å². The maximum Gasteiger partial charge on any atom is 0.300 e. The molecular formula is C10H11ClN2O4S2. The SMILES string of the molecule is C=CCN(C1CC1)S(=O)(=O)c1cc([N+](=O)[O-])c(Cl)s1. The highest BCUT2D eigenvalue weighted by Gasteiger charge is 2.39. The summed E-state index contributed by atoms with van der Waals surface area (Å²) in [5, 5.41) is 10.7. The standard InChI is InChI=1S/C10H11ClN2O4S2/c1-2-5-12(7-3-4-7)19(16,17)9-6-8(13(14)15)10(11)18-9/h2,6-7H,1,3-5H2. The molecule has 0 atom stereocenters. The van der Waals surface area contributed by atoms with Crippen molar-refractivity contribution in [2.75, 3.05) is 6.54 Å². The maximum atomic E-state index is 12.4. The number of thiophene rings is 1. The molecule has 19 heavy (non-hydrogen) atoms. The fourth-order valence-corrected chi connectivity index (χ4v) is 5.09. The van der Waals surface area contributed by atoms with Crippen LogP contribution in [0.25, 0.3) is 0 Å².